The third kappa shape index (κ3) is 3.67. The van der Waals surface area contributed by atoms with Crippen molar-refractivity contribution in [2.75, 3.05) is 45.7 Å². The average Bonchev–Trinajstić information content (AvgIpc) is 2.76. The van der Waals surface area contributed by atoms with E-state index in [0.29, 0.717) is 6.54 Å². The number of ether oxygens (including phenoxy) is 1. The lowest BCUT2D eigenvalue weighted by Gasteiger charge is -2.48. The molecule has 3 aliphatic rings. The van der Waals surface area contributed by atoms with Crippen molar-refractivity contribution in [3.05, 3.63) is 65.7 Å². The Hall–Kier alpha value is -2.32. The zero-order valence-corrected chi connectivity index (χ0v) is 17.6. The van der Waals surface area contributed by atoms with Gasteiger partial charge in [0.05, 0.1) is 0 Å². The lowest BCUT2D eigenvalue weighted by atomic mass is 9.75. The zero-order valence-electron chi connectivity index (χ0n) is 17.6. The van der Waals surface area contributed by atoms with Gasteiger partial charge in [0, 0.05) is 50.5 Å². The number of piperidine rings is 3. The number of rotatable bonds is 4. The highest BCUT2D eigenvalue weighted by Gasteiger charge is 2.45. The molecule has 0 aromatic heterocycles. The SMILES string of the molecule is COC(C#CC1(O)CN2CCC1CC2)(c1ccccc1)c1ccc(N(C)C)cc1. The summed E-state index contributed by atoms with van der Waals surface area (Å²) in [6.07, 6.45) is 2.02. The Kier molecular flexibility index (Phi) is 5.40. The monoisotopic (exact) mass is 390 g/mol. The Morgan fingerprint density at radius 2 is 1.66 bits per heavy atom. The van der Waals surface area contributed by atoms with E-state index in [2.05, 4.69) is 45.9 Å². The van der Waals surface area contributed by atoms with Crippen LogP contribution in [0.25, 0.3) is 0 Å². The van der Waals surface area contributed by atoms with Gasteiger partial charge in [0.2, 0.25) is 0 Å². The molecule has 3 aliphatic heterocycles. The molecule has 0 radical (unpaired) electrons. The van der Waals surface area contributed by atoms with Gasteiger partial charge >= 0.3 is 0 Å². The number of nitrogens with zero attached hydrogens (tertiary/aromatic N) is 2. The fraction of sp³-hybridized carbons (Fsp3) is 0.440. The molecule has 152 valence electrons. The van der Waals surface area contributed by atoms with Crippen LogP contribution < -0.4 is 4.90 Å². The molecule has 0 saturated carbocycles. The summed E-state index contributed by atoms with van der Waals surface area (Å²) < 4.78 is 6.11. The Morgan fingerprint density at radius 3 is 2.17 bits per heavy atom. The molecule has 3 fully saturated rings. The van der Waals surface area contributed by atoms with Crippen molar-refractivity contribution in [1.29, 1.82) is 0 Å². The highest BCUT2D eigenvalue weighted by atomic mass is 16.5. The minimum Gasteiger partial charge on any atom is -0.378 e. The smallest absolute Gasteiger partial charge is 0.179 e. The normalized spacial score (nSPS) is 27.6. The predicted octanol–water partition coefficient (Wildman–Crippen LogP) is 3.10. The molecule has 0 amide bonds. The number of aliphatic hydroxyl groups is 1. The van der Waals surface area contributed by atoms with E-state index in [0.717, 1.165) is 42.7 Å². The molecule has 1 N–H and O–H groups in total. The van der Waals surface area contributed by atoms with Crippen molar-refractivity contribution in [2.24, 2.45) is 5.92 Å². The van der Waals surface area contributed by atoms with E-state index in [1.54, 1.807) is 7.11 Å². The van der Waals surface area contributed by atoms with E-state index in [-0.39, 0.29) is 5.92 Å². The molecule has 2 bridgehead atoms. The van der Waals surface area contributed by atoms with Crippen molar-refractivity contribution in [2.45, 2.75) is 24.0 Å². The second-order valence-corrected chi connectivity index (χ2v) is 8.42. The summed E-state index contributed by atoms with van der Waals surface area (Å²) in [6, 6.07) is 18.4. The number of benzene rings is 2. The third-order valence-electron chi connectivity index (χ3n) is 6.46. The fourth-order valence-electron chi connectivity index (χ4n) is 4.64. The van der Waals surface area contributed by atoms with E-state index in [1.807, 2.05) is 44.4 Å². The largest absolute Gasteiger partial charge is 0.378 e. The fourth-order valence-corrected chi connectivity index (χ4v) is 4.64. The van der Waals surface area contributed by atoms with Crippen LogP contribution in [0, 0.1) is 17.8 Å². The van der Waals surface area contributed by atoms with Gasteiger partial charge in [-0.25, -0.2) is 0 Å². The predicted molar refractivity (Wildman–Crippen MR) is 117 cm³/mol. The summed E-state index contributed by atoms with van der Waals surface area (Å²) in [5.41, 5.74) is 1.16. The molecular formula is C25H30N2O2. The zero-order chi connectivity index (χ0) is 20.5. The average molecular weight is 391 g/mol. The first kappa shape index (κ1) is 20.0. The lowest BCUT2D eigenvalue weighted by molar-refractivity contribution is -0.0717. The molecule has 0 spiro atoms. The van der Waals surface area contributed by atoms with Crippen LogP contribution in [-0.2, 0) is 10.3 Å². The van der Waals surface area contributed by atoms with E-state index in [1.165, 1.54) is 0 Å². The maximum atomic E-state index is 11.4. The molecule has 4 heteroatoms. The van der Waals surface area contributed by atoms with Gasteiger partial charge in [-0.2, -0.15) is 0 Å². The molecule has 3 heterocycles. The van der Waals surface area contributed by atoms with Crippen LogP contribution in [0.4, 0.5) is 5.69 Å². The van der Waals surface area contributed by atoms with Crippen molar-refractivity contribution >= 4 is 5.69 Å². The highest BCUT2D eigenvalue weighted by molar-refractivity contribution is 5.52. The number of hydrogen-bond donors (Lipinski definition) is 1. The summed E-state index contributed by atoms with van der Waals surface area (Å²) in [4.78, 5) is 4.39. The van der Waals surface area contributed by atoms with Crippen molar-refractivity contribution in [3.63, 3.8) is 0 Å². The molecule has 2 aromatic rings. The van der Waals surface area contributed by atoms with Crippen molar-refractivity contribution in [3.8, 4) is 11.8 Å². The summed E-state index contributed by atoms with van der Waals surface area (Å²) in [5, 5.41) is 11.4. The van der Waals surface area contributed by atoms with E-state index >= 15 is 0 Å². The maximum absolute atomic E-state index is 11.4. The van der Waals surface area contributed by atoms with Gasteiger partial charge in [-0.05, 0) is 38.1 Å². The Morgan fingerprint density at radius 1 is 1.03 bits per heavy atom. The third-order valence-corrected chi connectivity index (χ3v) is 6.46. The molecule has 29 heavy (non-hydrogen) atoms. The summed E-state index contributed by atoms with van der Waals surface area (Å²) >= 11 is 0. The Balaban J connectivity index is 1.79. The molecular weight excluding hydrogens is 360 g/mol. The van der Waals surface area contributed by atoms with Crippen LogP contribution in [0.5, 0.6) is 0 Å². The number of methoxy groups -OCH3 is 1. The standard InChI is InChI=1S/C25H30N2O2/c1-26(2)23-11-9-22(10-12-23)25(29-3,21-7-5-4-6-8-21)16-15-24(28)19-27-17-13-20(24)14-18-27/h4-12,20,28H,13-14,17-19H2,1-3H3. The first-order valence-electron chi connectivity index (χ1n) is 10.3. The van der Waals surface area contributed by atoms with Crippen LogP contribution in [0.15, 0.2) is 54.6 Å². The molecule has 2 atom stereocenters. The molecule has 0 aliphatic carbocycles. The summed E-state index contributed by atoms with van der Waals surface area (Å²) in [6.45, 7) is 2.75. The topological polar surface area (TPSA) is 35.9 Å². The Labute approximate surface area is 174 Å². The molecule has 3 saturated heterocycles. The molecule has 5 rings (SSSR count). The van der Waals surface area contributed by atoms with E-state index in [9.17, 15) is 5.11 Å². The second kappa shape index (κ2) is 7.84. The molecule has 4 nitrogen and oxygen atoms in total. The second-order valence-electron chi connectivity index (χ2n) is 8.42. The van der Waals surface area contributed by atoms with Gasteiger partial charge in [0.25, 0.3) is 0 Å². The quantitative estimate of drug-likeness (QED) is 0.814. The maximum Gasteiger partial charge on any atom is 0.179 e. The number of hydrogen-bond acceptors (Lipinski definition) is 4. The van der Waals surface area contributed by atoms with Gasteiger partial charge in [0.1, 0.15) is 5.60 Å². The van der Waals surface area contributed by atoms with Crippen molar-refractivity contribution < 1.29 is 9.84 Å². The van der Waals surface area contributed by atoms with Crippen LogP contribution in [0.1, 0.15) is 24.0 Å². The van der Waals surface area contributed by atoms with Crippen molar-refractivity contribution in [1.82, 2.24) is 4.90 Å². The van der Waals surface area contributed by atoms with Gasteiger partial charge in [-0.3, -0.25) is 4.90 Å². The summed E-state index contributed by atoms with van der Waals surface area (Å²) in [5.74, 6) is 6.92. The first-order valence-corrected chi connectivity index (χ1v) is 10.3. The van der Waals surface area contributed by atoms with Crippen LogP contribution >= 0.6 is 0 Å². The van der Waals surface area contributed by atoms with Gasteiger partial charge in [-0.1, -0.05) is 54.3 Å². The van der Waals surface area contributed by atoms with Crippen LogP contribution in [-0.4, -0.2) is 56.4 Å². The van der Waals surface area contributed by atoms with Gasteiger partial charge in [0.15, 0.2) is 5.60 Å². The minimum atomic E-state index is -0.974. The summed E-state index contributed by atoms with van der Waals surface area (Å²) in [7, 11) is 5.75. The van der Waals surface area contributed by atoms with Gasteiger partial charge in [-0.15, -0.1) is 0 Å². The number of fused-ring (bicyclic) bond motifs is 3. The van der Waals surface area contributed by atoms with Gasteiger partial charge < -0.3 is 14.7 Å². The lowest BCUT2D eigenvalue weighted by Crippen LogP contribution is -2.58. The minimum absolute atomic E-state index is 0.237. The number of anilines is 1. The van der Waals surface area contributed by atoms with Crippen LogP contribution in [0.3, 0.4) is 0 Å². The van der Waals surface area contributed by atoms with E-state index in [4.69, 9.17) is 4.74 Å². The van der Waals surface area contributed by atoms with Crippen LogP contribution in [0.2, 0.25) is 0 Å². The molecule has 2 aromatic carbocycles. The Bertz CT molecular complexity index is 892. The first-order chi connectivity index (χ1) is 14.0. The highest BCUT2D eigenvalue weighted by Crippen LogP contribution is 2.37. The van der Waals surface area contributed by atoms with E-state index < -0.39 is 11.2 Å². The molecule has 2 unspecified atom stereocenters.